The van der Waals surface area contributed by atoms with Crippen molar-refractivity contribution >= 4 is 0 Å². The van der Waals surface area contributed by atoms with Crippen LogP contribution in [-0.2, 0) is 9.47 Å². The van der Waals surface area contributed by atoms with Gasteiger partial charge in [0, 0.05) is 13.0 Å². The third-order valence-electron chi connectivity index (χ3n) is 3.98. The Morgan fingerprint density at radius 2 is 2.07 bits per heavy atom. The number of hydrogen-bond acceptors (Lipinski definition) is 2. The van der Waals surface area contributed by atoms with E-state index in [1.54, 1.807) is 0 Å². The van der Waals surface area contributed by atoms with E-state index in [-0.39, 0.29) is 6.29 Å². The Morgan fingerprint density at radius 3 is 2.73 bits per heavy atom. The van der Waals surface area contributed by atoms with Crippen LogP contribution >= 0.6 is 0 Å². The Bertz CT molecular complexity index is 225. The van der Waals surface area contributed by atoms with Crippen LogP contribution in [0.5, 0.6) is 0 Å². The summed E-state index contributed by atoms with van der Waals surface area (Å²) in [7, 11) is 0. The molecule has 1 heterocycles. The minimum absolute atomic E-state index is 0.0707. The predicted octanol–water partition coefficient (Wildman–Crippen LogP) is 3.21. The summed E-state index contributed by atoms with van der Waals surface area (Å²) in [4.78, 5) is 0. The van der Waals surface area contributed by atoms with Crippen LogP contribution in [0.3, 0.4) is 0 Å². The van der Waals surface area contributed by atoms with E-state index in [1.807, 2.05) is 6.92 Å². The van der Waals surface area contributed by atoms with E-state index < -0.39 is 0 Å². The largest absolute Gasteiger partial charge is 0.353 e. The second-order valence-electron chi connectivity index (χ2n) is 6.01. The van der Waals surface area contributed by atoms with Crippen molar-refractivity contribution in [2.75, 3.05) is 6.61 Å². The highest BCUT2D eigenvalue weighted by atomic mass is 16.7. The third kappa shape index (κ3) is 2.36. The van der Waals surface area contributed by atoms with Gasteiger partial charge in [-0.2, -0.15) is 0 Å². The fourth-order valence-electron chi connectivity index (χ4n) is 3.47. The van der Waals surface area contributed by atoms with Crippen LogP contribution in [0.2, 0.25) is 0 Å². The lowest BCUT2D eigenvalue weighted by Gasteiger charge is -2.40. The minimum atomic E-state index is 0.0707. The van der Waals surface area contributed by atoms with Crippen molar-refractivity contribution in [2.24, 2.45) is 17.3 Å². The van der Waals surface area contributed by atoms with Crippen LogP contribution in [0, 0.1) is 17.3 Å². The SMILES string of the molecule is CCOC1CC2C(C)CC(C)(C)CC2O1. The maximum atomic E-state index is 5.99. The van der Waals surface area contributed by atoms with Crippen molar-refractivity contribution in [3.05, 3.63) is 0 Å². The van der Waals surface area contributed by atoms with E-state index in [1.165, 1.54) is 12.8 Å². The second kappa shape index (κ2) is 4.06. The fraction of sp³-hybridized carbons (Fsp3) is 1.00. The highest BCUT2D eigenvalue weighted by Gasteiger charge is 2.46. The van der Waals surface area contributed by atoms with E-state index in [2.05, 4.69) is 20.8 Å². The summed E-state index contributed by atoms with van der Waals surface area (Å²) in [6, 6.07) is 0. The molecule has 0 aromatic carbocycles. The van der Waals surface area contributed by atoms with Gasteiger partial charge < -0.3 is 9.47 Å². The van der Waals surface area contributed by atoms with Gasteiger partial charge in [0.05, 0.1) is 6.10 Å². The summed E-state index contributed by atoms with van der Waals surface area (Å²) in [5, 5.41) is 0. The molecule has 1 saturated carbocycles. The molecule has 2 nitrogen and oxygen atoms in total. The molecular weight excluding hydrogens is 188 g/mol. The zero-order valence-corrected chi connectivity index (χ0v) is 10.5. The molecule has 15 heavy (non-hydrogen) atoms. The molecule has 2 rings (SSSR count). The number of hydrogen-bond donors (Lipinski definition) is 0. The fourth-order valence-corrected chi connectivity index (χ4v) is 3.47. The quantitative estimate of drug-likeness (QED) is 0.699. The van der Waals surface area contributed by atoms with Gasteiger partial charge >= 0.3 is 0 Å². The van der Waals surface area contributed by atoms with Crippen LogP contribution in [0.25, 0.3) is 0 Å². The van der Waals surface area contributed by atoms with E-state index in [0.29, 0.717) is 11.5 Å². The topological polar surface area (TPSA) is 18.5 Å². The van der Waals surface area contributed by atoms with Crippen LogP contribution in [-0.4, -0.2) is 19.0 Å². The molecule has 0 aromatic rings. The molecule has 88 valence electrons. The highest BCUT2D eigenvalue weighted by molar-refractivity contribution is 4.93. The first-order chi connectivity index (χ1) is 7.02. The molecular formula is C13H24O2. The molecule has 1 aliphatic carbocycles. The van der Waals surface area contributed by atoms with E-state index in [4.69, 9.17) is 9.47 Å². The van der Waals surface area contributed by atoms with Gasteiger partial charge in [-0.1, -0.05) is 20.8 Å². The van der Waals surface area contributed by atoms with Gasteiger partial charge in [0.2, 0.25) is 0 Å². The normalized spacial score (nSPS) is 44.0. The molecule has 0 spiro atoms. The highest BCUT2D eigenvalue weighted by Crippen LogP contribution is 2.48. The maximum absolute atomic E-state index is 5.99. The lowest BCUT2D eigenvalue weighted by molar-refractivity contribution is -0.141. The third-order valence-corrected chi connectivity index (χ3v) is 3.98. The van der Waals surface area contributed by atoms with Gasteiger partial charge in [0.15, 0.2) is 6.29 Å². The lowest BCUT2D eigenvalue weighted by atomic mass is 9.66. The Hall–Kier alpha value is -0.0800. The zero-order valence-electron chi connectivity index (χ0n) is 10.5. The molecule has 0 aromatic heterocycles. The van der Waals surface area contributed by atoms with Crippen molar-refractivity contribution in [1.82, 2.24) is 0 Å². The van der Waals surface area contributed by atoms with E-state index in [9.17, 15) is 0 Å². The monoisotopic (exact) mass is 212 g/mol. The molecule has 2 heteroatoms. The van der Waals surface area contributed by atoms with Gasteiger partial charge in [-0.05, 0) is 37.0 Å². The summed E-state index contributed by atoms with van der Waals surface area (Å²) in [6.45, 7) is 9.89. The molecule has 4 unspecified atom stereocenters. The van der Waals surface area contributed by atoms with Crippen molar-refractivity contribution in [2.45, 2.75) is 59.4 Å². The standard InChI is InChI=1S/C13H24O2/c1-5-14-12-6-10-9(2)7-13(3,4)8-11(10)15-12/h9-12H,5-8H2,1-4H3. The van der Waals surface area contributed by atoms with Crippen LogP contribution in [0.15, 0.2) is 0 Å². The smallest absolute Gasteiger partial charge is 0.158 e. The molecule has 4 atom stereocenters. The first-order valence-electron chi connectivity index (χ1n) is 6.29. The summed E-state index contributed by atoms with van der Waals surface area (Å²) in [5.41, 5.74) is 0.446. The van der Waals surface area contributed by atoms with Gasteiger partial charge in [-0.25, -0.2) is 0 Å². The van der Waals surface area contributed by atoms with Crippen molar-refractivity contribution in [1.29, 1.82) is 0 Å². The Balaban J connectivity index is 2.00. The van der Waals surface area contributed by atoms with Gasteiger partial charge in [-0.15, -0.1) is 0 Å². The van der Waals surface area contributed by atoms with Gasteiger partial charge in [0.1, 0.15) is 0 Å². The van der Waals surface area contributed by atoms with Gasteiger partial charge in [-0.3, -0.25) is 0 Å². The molecule has 0 amide bonds. The lowest BCUT2D eigenvalue weighted by Crippen LogP contribution is -2.36. The molecule has 0 radical (unpaired) electrons. The molecule has 0 N–H and O–H groups in total. The van der Waals surface area contributed by atoms with Crippen LogP contribution in [0.1, 0.15) is 47.0 Å². The average Bonchev–Trinajstić information content (AvgIpc) is 2.46. The molecule has 2 fully saturated rings. The molecule has 1 saturated heterocycles. The van der Waals surface area contributed by atoms with Gasteiger partial charge in [0.25, 0.3) is 0 Å². The average molecular weight is 212 g/mol. The summed E-state index contributed by atoms with van der Waals surface area (Å²) in [6.07, 6.45) is 4.15. The van der Waals surface area contributed by atoms with Crippen molar-refractivity contribution in [3.8, 4) is 0 Å². The molecule has 1 aliphatic heterocycles. The molecule has 0 bridgehead atoms. The minimum Gasteiger partial charge on any atom is -0.353 e. The number of ether oxygens (including phenoxy) is 2. The van der Waals surface area contributed by atoms with Crippen LogP contribution < -0.4 is 0 Å². The Labute approximate surface area is 93.3 Å². The number of fused-ring (bicyclic) bond motifs is 1. The Kier molecular flexibility index (Phi) is 3.09. The summed E-state index contributed by atoms with van der Waals surface area (Å²) < 4.78 is 11.6. The summed E-state index contributed by atoms with van der Waals surface area (Å²) in [5.74, 6) is 1.51. The first-order valence-corrected chi connectivity index (χ1v) is 6.29. The summed E-state index contributed by atoms with van der Waals surface area (Å²) >= 11 is 0. The maximum Gasteiger partial charge on any atom is 0.158 e. The number of rotatable bonds is 2. The first kappa shape index (κ1) is 11.4. The Morgan fingerprint density at radius 1 is 1.33 bits per heavy atom. The molecule has 2 aliphatic rings. The van der Waals surface area contributed by atoms with Crippen LogP contribution in [0.4, 0.5) is 0 Å². The zero-order chi connectivity index (χ0) is 11.1. The van der Waals surface area contributed by atoms with E-state index in [0.717, 1.165) is 24.9 Å². The second-order valence-corrected chi connectivity index (χ2v) is 6.01. The predicted molar refractivity (Wildman–Crippen MR) is 60.6 cm³/mol. The van der Waals surface area contributed by atoms with Crippen molar-refractivity contribution in [3.63, 3.8) is 0 Å². The van der Waals surface area contributed by atoms with E-state index >= 15 is 0 Å². The van der Waals surface area contributed by atoms with Crippen molar-refractivity contribution < 1.29 is 9.47 Å².